The largest absolute Gasteiger partial charge is 0.494 e. The summed E-state index contributed by atoms with van der Waals surface area (Å²) in [5.74, 6) is 3.42. The van der Waals surface area contributed by atoms with Crippen LogP contribution in [0.1, 0.15) is 56.3 Å². The third-order valence-corrected chi connectivity index (χ3v) is 9.70. The first kappa shape index (κ1) is 26.4. The second-order valence-corrected chi connectivity index (χ2v) is 12.8. The zero-order valence-corrected chi connectivity index (χ0v) is 24.7. The van der Waals surface area contributed by atoms with Crippen LogP contribution in [0, 0.1) is 17.8 Å². The molecule has 3 aliphatic rings. The molecule has 7 rings (SSSR count). The van der Waals surface area contributed by atoms with Gasteiger partial charge >= 0.3 is 0 Å². The Morgan fingerprint density at radius 3 is 2.56 bits per heavy atom. The molecule has 1 aliphatic heterocycles. The molecule has 0 spiro atoms. The van der Waals surface area contributed by atoms with Crippen LogP contribution in [0.2, 0.25) is 0 Å². The summed E-state index contributed by atoms with van der Waals surface area (Å²) in [6.07, 6.45) is 6.58. The molecular formula is C33H42N6O2. The number of anilines is 1. The maximum absolute atomic E-state index is 13.6. The van der Waals surface area contributed by atoms with E-state index in [1.807, 2.05) is 31.0 Å². The number of hydrogen-bond donors (Lipinski definition) is 2. The number of nitrogens with zero attached hydrogens (tertiary/aromatic N) is 4. The normalized spacial score (nSPS) is 22.7. The maximum Gasteiger partial charge on any atom is 0.254 e. The van der Waals surface area contributed by atoms with Crippen molar-refractivity contribution >= 4 is 33.5 Å². The summed E-state index contributed by atoms with van der Waals surface area (Å²) < 4.78 is 10.4. The Bertz CT molecular complexity index is 1630. The summed E-state index contributed by atoms with van der Waals surface area (Å²) in [6, 6.07) is 12.8. The minimum Gasteiger partial charge on any atom is -0.494 e. The fourth-order valence-corrected chi connectivity index (χ4v) is 6.68. The number of methoxy groups -OCH3 is 1. The maximum atomic E-state index is 13.6. The van der Waals surface area contributed by atoms with E-state index >= 15 is 0 Å². The van der Waals surface area contributed by atoms with Gasteiger partial charge in [0.15, 0.2) is 5.82 Å². The monoisotopic (exact) mass is 554 g/mol. The predicted molar refractivity (Wildman–Crippen MR) is 164 cm³/mol. The first-order valence-corrected chi connectivity index (χ1v) is 15.3. The standard InChI is InChI=1S/C33H42N6O2/c1-19-17-38(20(2)30(19)34)33(40)24-14-26-31(29(16-24)41-4)37(3)32(36-26)28-15-23-13-25(35-12-11-21-5-6-21)9-10-27(23)39(28)18-22-7-8-22/h9-10,13-16,19-22,30,35H,5-8,11-12,17-18,34H2,1-4H3/t19-,20-,30+/m1/s1. The molecule has 0 radical (unpaired) electrons. The summed E-state index contributed by atoms with van der Waals surface area (Å²) in [5, 5.41) is 4.86. The molecular weight excluding hydrogens is 512 g/mol. The van der Waals surface area contributed by atoms with Crippen LogP contribution in [0.15, 0.2) is 36.4 Å². The predicted octanol–water partition coefficient (Wildman–Crippen LogP) is 5.63. The minimum atomic E-state index is -0.0201. The number of amides is 1. The number of rotatable bonds is 9. The highest BCUT2D eigenvalue weighted by molar-refractivity contribution is 6.00. The van der Waals surface area contributed by atoms with Crippen LogP contribution in [-0.4, -0.2) is 57.2 Å². The summed E-state index contributed by atoms with van der Waals surface area (Å²) in [7, 11) is 3.70. The van der Waals surface area contributed by atoms with Gasteiger partial charge in [0.1, 0.15) is 11.3 Å². The minimum absolute atomic E-state index is 0.00953. The molecule has 8 heteroatoms. The van der Waals surface area contributed by atoms with Crippen molar-refractivity contribution in [2.45, 2.75) is 64.6 Å². The quantitative estimate of drug-likeness (QED) is 0.280. The summed E-state index contributed by atoms with van der Waals surface area (Å²) in [5.41, 5.74) is 12.1. The van der Waals surface area contributed by atoms with Gasteiger partial charge in [-0.3, -0.25) is 4.79 Å². The molecule has 0 unspecified atom stereocenters. The Morgan fingerprint density at radius 1 is 1.10 bits per heavy atom. The fourth-order valence-electron chi connectivity index (χ4n) is 6.68. The van der Waals surface area contributed by atoms with Crippen LogP contribution in [-0.2, 0) is 13.6 Å². The molecule has 2 aromatic carbocycles. The van der Waals surface area contributed by atoms with Crippen molar-refractivity contribution in [1.82, 2.24) is 19.0 Å². The zero-order chi connectivity index (χ0) is 28.4. The van der Waals surface area contributed by atoms with E-state index in [1.54, 1.807) is 7.11 Å². The Kier molecular flexibility index (Phi) is 6.49. The first-order chi connectivity index (χ1) is 19.8. The van der Waals surface area contributed by atoms with Crippen LogP contribution >= 0.6 is 0 Å². The number of imidazole rings is 1. The number of nitrogens with one attached hydrogen (secondary N) is 1. The number of aromatic nitrogens is 3. The second-order valence-electron chi connectivity index (χ2n) is 12.8. The first-order valence-electron chi connectivity index (χ1n) is 15.3. The molecule has 3 fully saturated rings. The van der Waals surface area contributed by atoms with Crippen molar-refractivity contribution in [3.63, 3.8) is 0 Å². The van der Waals surface area contributed by atoms with Gasteiger partial charge in [-0.2, -0.15) is 0 Å². The highest BCUT2D eigenvalue weighted by Gasteiger charge is 2.37. The van der Waals surface area contributed by atoms with Crippen molar-refractivity contribution in [2.24, 2.45) is 30.5 Å². The molecule has 3 N–H and O–H groups in total. The number of ether oxygens (including phenoxy) is 1. The molecule has 3 heterocycles. The summed E-state index contributed by atoms with van der Waals surface area (Å²) >= 11 is 0. The summed E-state index contributed by atoms with van der Waals surface area (Å²) in [6.45, 7) is 6.82. The molecule has 2 aliphatic carbocycles. The van der Waals surface area contributed by atoms with Crippen LogP contribution in [0.3, 0.4) is 0 Å². The number of nitrogens with two attached hydrogens (primary N) is 1. The average Bonchev–Trinajstić information content (AvgIpc) is 3.89. The molecule has 0 bridgehead atoms. The van der Waals surface area contributed by atoms with Gasteiger partial charge in [-0.1, -0.05) is 19.8 Å². The zero-order valence-electron chi connectivity index (χ0n) is 24.7. The van der Waals surface area contributed by atoms with Crippen molar-refractivity contribution in [3.8, 4) is 17.3 Å². The number of likely N-dealkylation sites (tertiary alicyclic amines) is 1. The lowest BCUT2D eigenvalue weighted by Crippen LogP contribution is -2.40. The van der Waals surface area contributed by atoms with E-state index < -0.39 is 0 Å². The summed E-state index contributed by atoms with van der Waals surface area (Å²) in [4.78, 5) is 20.7. The van der Waals surface area contributed by atoms with Crippen molar-refractivity contribution < 1.29 is 9.53 Å². The van der Waals surface area contributed by atoms with Gasteiger partial charge in [0.05, 0.1) is 18.3 Å². The Balaban J connectivity index is 1.28. The Hall–Kier alpha value is -3.52. The van der Waals surface area contributed by atoms with Crippen LogP contribution in [0.5, 0.6) is 5.75 Å². The van der Waals surface area contributed by atoms with Crippen LogP contribution in [0.4, 0.5) is 5.69 Å². The Morgan fingerprint density at radius 2 is 1.88 bits per heavy atom. The molecule has 1 amide bonds. The van der Waals surface area contributed by atoms with Gasteiger partial charge in [0.2, 0.25) is 0 Å². The van der Waals surface area contributed by atoms with Gasteiger partial charge in [0, 0.05) is 60.9 Å². The lowest BCUT2D eigenvalue weighted by molar-refractivity contribution is 0.0739. The van der Waals surface area contributed by atoms with E-state index in [1.165, 1.54) is 48.7 Å². The van der Waals surface area contributed by atoms with Crippen LogP contribution < -0.4 is 15.8 Å². The van der Waals surface area contributed by atoms with E-state index in [9.17, 15) is 4.79 Å². The number of benzene rings is 2. The van der Waals surface area contributed by atoms with Gasteiger partial charge in [-0.25, -0.2) is 4.98 Å². The number of aryl methyl sites for hydroxylation is 1. The number of fused-ring (bicyclic) bond motifs is 2. The fraction of sp³-hybridized carbons (Fsp3) is 0.515. The van der Waals surface area contributed by atoms with Gasteiger partial charge in [-0.15, -0.1) is 0 Å². The van der Waals surface area contributed by atoms with E-state index in [0.717, 1.165) is 41.6 Å². The molecule has 1 saturated heterocycles. The number of carbonyl (C=O) groups excluding carboxylic acids is 1. The van der Waals surface area contributed by atoms with E-state index in [-0.39, 0.29) is 23.9 Å². The second kappa shape index (κ2) is 10.1. The van der Waals surface area contributed by atoms with Crippen LogP contribution in [0.25, 0.3) is 33.5 Å². The van der Waals surface area contributed by atoms with Crippen molar-refractivity contribution in [1.29, 1.82) is 0 Å². The Labute approximate surface area is 241 Å². The third-order valence-electron chi connectivity index (χ3n) is 9.70. The molecule has 4 aromatic rings. The van der Waals surface area contributed by atoms with E-state index in [2.05, 4.69) is 45.6 Å². The van der Waals surface area contributed by atoms with Gasteiger partial charge in [-0.05, 0) is 80.3 Å². The highest BCUT2D eigenvalue weighted by atomic mass is 16.5. The number of hydrogen-bond acceptors (Lipinski definition) is 5. The molecule has 41 heavy (non-hydrogen) atoms. The molecule has 2 aromatic heterocycles. The third kappa shape index (κ3) is 4.76. The number of carbonyl (C=O) groups is 1. The van der Waals surface area contributed by atoms with E-state index in [4.69, 9.17) is 15.5 Å². The highest BCUT2D eigenvalue weighted by Crippen LogP contribution is 2.39. The smallest absolute Gasteiger partial charge is 0.254 e. The molecule has 3 atom stereocenters. The van der Waals surface area contributed by atoms with Crippen molar-refractivity contribution in [3.05, 3.63) is 42.0 Å². The lowest BCUT2D eigenvalue weighted by Gasteiger charge is -2.23. The lowest BCUT2D eigenvalue weighted by atomic mass is 10.0. The molecule has 8 nitrogen and oxygen atoms in total. The SMILES string of the molecule is COc1cc(C(=O)N2C[C@@H](C)[C@H](N)[C@H]2C)cc2nc(-c3cc4cc(NCCC5CC5)ccc4n3CC3CC3)n(C)c12. The van der Waals surface area contributed by atoms with Gasteiger partial charge in [0.25, 0.3) is 5.91 Å². The average molecular weight is 555 g/mol. The van der Waals surface area contributed by atoms with Crippen molar-refractivity contribution in [2.75, 3.05) is 25.5 Å². The molecule has 2 saturated carbocycles. The van der Waals surface area contributed by atoms with E-state index in [0.29, 0.717) is 23.8 Å². The topological polar surface area (TPSA) is 90.3 Å². The molecule has 216 valence electrons. The van der Waals surface area contributed by atoms with Gasteiger partial charge < -0.3 is 29.8 Å².